The van der Waals surface area contributed by atoms with Crippen LogP contribution in [0.3, 0.4) is 0 Å². The first-order valence-corrected chi connectivity index (χ1v) is 5.80. The molecule has 0 aromatic heterocycles. The second-order valence-corrected chi connectivity index (χ2v) is 4.62. The quantitative estimate of drug-likeness (QED) is 0.820. The topological polar surface area (TPSA) is 37.3 Å². The molecule has 0 spiro atoms. The Morgan fingerprint density at radius 1 is 1.06 bits per heavy atom. The fourth-order valence-electron chi connectivity index (χ4n) is 1.82. The third kappa shape index (κ3) is 2.37. The standard InChI is InChI=1S/C15H16O2/c1-10(2)14(16)15(17)13-8-7-11-5-3-4-6-12(11)9-13/h3-10,14,16H,1-2H3. The maximum atomic E-state index is 12.0. The van der Waals surface area contributed by atoms with Gasteiger partial charge in [-0.05, 0) is 22.8 Å². The van der Waals surface area contributed by atoms with Gasteiger partial charge in [0.1, 0.15) is 6.10 Å². The van der Waals surface area contributed by atoms with Crippen LogP contribution in [0.5, 0.6) is 0 Å². The van der Waals surface area contributed by atoms with Gasteiger partial charge in [0, 0.05) is 5.56 Å². The summed E-state index contributed by atoms with van der Waals surface area (Å²) in [6.07, 6.45) is -0.920. The highest BCUT2D eigenvalue weighted by Gasteiger charge is 2.20. The lowest BCUT2D eigenvalue weighted by Gasteiger charge is -2.13. The van der Waals surface area contributed by atoms with E-state index in [9.17, 15) is 9.90 Å². The Morgan fingerprint density at radius 3 is 2.35 bits per heavy atom. The molecule has 2 heteroatoms. The average Bonchev–Trinajstić information content (AvgIpc) is 2.36. The van der Waals surface area contributed by atoms with Crippen molar-refractivity contribution in [3.05, 3.63) is 48.0 Å². The van der Waals surface area contributed by atoms with Gasteiger partial charge in [0.05, 0.1) is 0 Å². The number of ketones is 1. The number of benzene rings is 2. The van der Waals surface area contributed by atoms with Crippen molar-refractivity contribution in [2.75, 3.05) is 0 Å². The predicted octanol–water partition coefficient (Wildman–Crippen LogP) is 3.04. The molecule has 0 amide bonds. The van der Waals surface area contributed by atoms with E-state index in [0.29, 0.717) is 5.56 Å². The number of carbonyl (C=O) groups excluding carboxylic acids is 1. The minimum absolute atomic E-state index is 0.0611. The Hall–Kier alpha value is -1.67. The molecule has 0 heterocycles. The first-order chi connectivity index (χ1) is 8.09. The molecule has 1 atom stereocenters. The fourth-order valence-corrected chi connectivity index (χ4v) is 1.82. The summed E-state index contributed by atoms with van der Waals surface area (Å²) in [4.78, 5) is 12.0. The Morgan fingerprint density at radius 2 is 1.71 bits per heavy atom. The molecule has 17 heavy (non-hydrogen) atoms. The van der Waals surface area contributed by atoms with Crippen molar-refractivity contribution < 1.29 is 9.90 Å². The number of fused-ring (bicyclic) bond motifs is 1. The highest BCUT2D eigenvalue weighted by atomic mass is 16.3. The van der Waals surface area contributed by atoms with Gasteiger partial charge in [-0.15, -0.1) is 0 Å². The van der Waals surface area contributed by atoms with E-state index in [-0.39, 0.29) is 11.7 Å². The highest BCUT2D eigenvalue weighted by molar-refractivity contribution is 6.02. The van der Waals surface area contributed by atoms with Gasteiger partial charge in [-0.25, -0.2) is 0 Å². The van der Waals surface area contributed by atoms with Crippen LogP contribution in [0.4, 0.5) is 0 Å². The molecule has 0 aliphatic carbocycles. The second kappa shape index (κ2) is 4.68. The third-order valence-corrected chi connectivity index (χ3v) is 2.93. The van der Waals surface area contributed by atoms with Gasteiger partial charge in [-0.3, -0.25) is 4.79 Å². The molecule has 0 bridgehead atoms. The maximum Gasteiger partial charge on any atom is 0.191 e. The third-order valence-electron chi connectivity index (χ3n) is 2.93. The summed E-state index contributed by atoms with van der Waals surface area (Å²) in [5, 5.41) is 11.9. The number of Topliss-reactive ketones (excluding diaryl/α,β-unsaturated/α-hetero) is 1. The van der Waals surface area contributed by atoms with Crippen LogP contribution >= 0.6 is 0 Å². The summed E-state index contributed by atoms with van der Waals surface area (Å²) in [5.41, 5.74) is 0.574. The molecule has 2 nitrogen and oxygen atoms in total. The molecule has 0 radical (unpaired) electrons. The van der Waals surface area contributed by atoms with Crippen LogP contribution in [0.2, 0.25) is 0 Å². The number of rotatable bonds is 3. The minimum Gasteiger partial charge on any atom is -0.385 e. The molecule has 0 aliphatic heterocycles. The summed E-state index contributed by atoms with van der Waals surface area (Å²) >= 11 is 0. The van der Waals surface area contributed by atoms with E-state index in [1.54, 1.807) is 6.07 Å². The smallest absolute Gasteiger partial charge is 0.191 e. The maximum absolute atomic E-state index is 12.0. The van der Waals surface area contributed by atoms with Crippen molar-refractivity contribution in [3.8, 4) is 0 Å². The average molecular weight is 228 g/mol. The Labute approximate surface area is 101 Å². The van der Waals surface area contributed by atoms with E-state index in [1.165, 1.54) is 0 Å². The highest BCUT2D eigenvalue weighted by Crippen LogP contribution is 2.18. The molecule has 1 N–H and O–H groups in total. The Kier molecular flexibility index (Phi) is 3.25. The van der Waals surface area contributed by atoms with Crippen molar-refractivity contribution >= 4 is 16.6 Å². The zero-order chi connectivity index (χ0) is 12.4. The van der Waals surface area contributed by atoms with Gasteiger partial charge < -0.3 is 5.11 Å². The van der Waals surface area contributed by atoms with Crippen molar-refractivity contribution in [1.29, 1.82) is 0 Å². The van der Waals surface area contributed by atoms with E-state index >= 15 is 0 Å². The van der Waals surface area contributed by atoms with E-state index in [4.69, 9.17) is 0 Å². The summed E-state index contributed by atoms with van der Waals surface area (Å²) < 4.78 is 0. The van der Waals surface area contributed by atoms with Crippen LogP contribution in [0.1, 0.15) is 24.2 Å². The van der Waals surface area contributed by atoms with E-state index in [2.05, 4.69) is 0 Å². The van der Waals surface area contributed by atoms with Crippen molar-refractivity contribution in [2.24, 2.45) is 5.92 Å². The molecule has 2 aromatic carbocycles. The van der Waals surface area contributed by atoms with Crippen LogP contribution in [-0.4, -0.2) is 17.0 Å². The molecular weight excluding hydrogens is 212 g/mol. The number of hydrogen-bond acceptors (Lipinski definition) is 2. The molecule has 0 saturated heterocycles. The van der Waals surface area contributed by atoms with Crippen LogP contribution in [-0.2, 0) is 0 Å². The number of aliphatic hydroxyl groups excluding tert-OH is 1. The van der Waals surface area contributed by atoms with Gasteiger partial charge in [0.15, 0.2) is 5.78 Å². The largest absolute Gasteiger partial charge is 0.385 e. The zero-order valence-electron chi connectivity index (χ0n) is 10.1. The first kappa shape index (κ1) is 11.8. The summed E-state index contributed by atoms with van der Waals surface area (Å²) in [7, 11) is 0. The Balaban J connectivity index is 2.40. The van der Waals surface area contributed by atoms with Crippen LogP contribution in [0.25, 0.3) is 10.8 Å². The summed E-state index contributed by atoms with van der Waals surface area (Å²) in [6, 6.07) is 13.4. The monoisotopic (exact) mass is 228 g/mol. The molecule has 1 unspecified atom stereocenters. The number of carbonyl (C=O) groups is 1. The lowest BCUT2D eigenvalue weighted by Crippen LogP contribution is -2.26. The lowest BCUT2D eigenvalue weighted by atomic mass is 9.96. The van der Waals surface area contributed by atoms with E-state index in [1.807, 2.05) is 50.2 Å². The number of hydrogen-bond donors (Lipinski definition) is 1. The van der Waals surface area contributed by atoms with Crippen LogP contribution in [0, 0.1) is 5.92 Å². The van der Waals surface area contributed by atoms with Gasteiger partial charge in [0.25, 0.3) is 0 Å². The summed E-state index contributed by atoms with van der Waals surface area (Å²) in [6.45, 7) is 3.67. The van der Waals surface area contributed by atoms with E-state index < -0.39 is 6.10 Å². The van der Waals surface area contributed by atoms with E-state index in [0.717, 1.165) is 10.8 Å². The van der Waals surface area contributed by atoms with Gasteiger partial charge >= 0.3 is 0 Å². The fraction of sp³-hybridized carbons (Fsp3) is 0.267. The second-order valence-electron chi connectivity index (χ2n) is 4.62. The lowest BCUT2D eigenvalue weighted by molar-refractivity contribution is 0.0648. The van der Waals surface area contributed by atoms with Crippen molar-refractivity contribution in [2.45, 2.75) is 20.0 Å². The van der Waals surface area contributed by atoms with Gasteiger partial charge in [-0.2, -0.15) is 0 Å². The molecule has 88 valence electrons. The number of aliphatic hydroxyl groups is 1. The molecule has 0 fully saturated rings. The minimum atomic E-state index is -0.920. The predicted molar refractivity (Wildman–Crippen MR) is 69.1 cm³/mol. The SMILES string of the molecule is CC(C)C(O)C(=O)c1ccc2ccccc2c1. The van der Waals surface area contributed by atoms with Crippen molar-refractivity contribution in [3.63, 3.8) is 0 Å². The van der Waals surface area contributed by atoms with Gasteiger partial charge in [0.2, 0.25) is 0 Å². The van der Waals surface area contributed by atoms with Crippen molar-refractivity contribution in [1.82, 2.24) is 0 Å². The summed E-state index contributed by atoms with van der Waals surface area (Å²) in [5.74, 6) is -0.264. The zero-order valence-corrected chi connectivity index (χ0v) is 10.1. The van der Waals surface area contributed by atoms with Gasteiger partial charge in [-0.1, -0.05) is 50.2 Å². The molecular formula is C15H16O2. The first-order valence-electron chi connectivity index (χ1n) is 5.80. The molecule has 0 aliphatic rings. The van der Waals surface area contributed by atoms with Crippen LogP contribution < -0.4 is 0 Å². The normalized spacial score (nSPS) is 12.9. The molecule has 2 aromatic rings. The Bertz CT molecular complexity index is 543. The van der Waals surface area contributed by atoms with Crippen LogP contribution in [0.15, 0.2) is 42.5 Å². The molecule has 2 rings (SSSR count). The molecule has 0 saturated carbocycles.